The smallest absolute Gasteiger partial charge is 0.331 e. The van der Waals surface area contributed by atoms with Gasteiger partial charge in [0.1, 0.15) is 0 Å². The second-order valence-electron chi connectivity index (χ2n) is 7.30. The maximum atomic E-state index is 12.8. The Balaban J connectivity index is 1.53. The number of aromatic nitrogens is 1. The summed E-state index contributed by atoms with van der Waals surface area (Å²) in [6, 6.07) is 13.9. The van der Waals surface area contributed by atoms with Gasteiger partial charge >= 0.3 is 5.69 Å². The molecule has 182 valence electrons. The molecule has 3 aromatic rings. The largest absolute Gasteiger partial charge is 0.493 e. The summed E-state index contributed by atoms with van der Waals surface area (Å²) in [7, 11) is 1.39. The third-order valence-electron chi connectivity index (χ3n) is 4.98. The molecule has 36 heavy (non-hydrogen) atoms. The average Bonchev–Trinajstić information content (AvgIpc) is 3.12. The number of rotatable bonds is 8. The van der Waals surface area contributed by atoms with Crippen molar-refractivity contribution >= 4 is 56.4 Å². The van der Waals surface area contributed by atoms with Crippen LogP contribution in [0.4, 0.5) is 10.5 Å². The highest BCUT2D eigenvalue weighted by Crippen LogP contribution is 2.37. The number of ketones is 1. The van der Waals surface area contributed by atoms with Crippen LogP contribution in [0.5, 0.6) is 17.4 Å². The zero-order valence-electron chi connectivity index (χ0n) is 18.5. The first kappa shape index (κ1) is 25.1. The van der Waals surface area contributed by atoms with Gasteiger partial charge in [0.15, 0.2) is 17.3 Å². The normalized spacial score (nSPS) is 14.3. The Kier molecular flexibility index (Phi) is 7.46. The Hall–Kier alpha value is -4.03. The molecule has 0 saturated carbocycles. The van der Waals surface area contributed by atoms with Gasteiger partial charge in [-0.3, -0.25) is 29.4 Å². The maximum absolute atomic E-state index is 12.8. The molecule has 1 fully saturated rings. The number of benzene rings is 2. The number of amides is 2. The van der Waals surface area contributed by atoms with E-state index in [1.807, 2.05) is 0 Å². The molecule has 4 rings (SSSR count). The molecule has 10 nitrogen and oxygen atoms in total. The van der Waals surface area contributed by atoms with E-state index in [0.717, 1.165) is 21.1 Å². The minimum absolute atomic E-state index is 0.139. The van der Waals surface area contributed by atoms with Gasteiger partial charge in [0.05, 0.1) is 23.5 Å². The number of ether oxygens (including phenoxy) is 2. The summed E-state index contributed by atoms with van der Waals surface area (Å²) >= 11 is 4.02. The number of Topliss-reactive ketones (excluding diaryl/α,β-unsaturated/α-hetero) is 1. The zero-order chi connectivity index (χ0) is 25.8. The Bertz CT molecular complexity index is 1410. The molecule has 1 aliphatic heterocycles. The molecule has 0 unspecified atom stereocenters. The van der Waals surface area contributed by atoms with Crippen LogP contribution in [-0.4, -0.2) is 45.4 Å². The van der Waals surface area contributed by atoms with E-state index in [-0.39, 0.29) is 40.3 Å². The van der Waals surface area contributed by atoms with E-state index in [0.29, 0.717) is 11.1 Å². The molecule has 0 N–H and O–H groups in total. The fourth-order valence-electron chi connectivity index (χ4n) is 3.22. The lowest BCUT2D eigenvalue weighted by molar-refractivity contribution is -0.386. The summed E-state index contributed by atoms with van der Waals surface area (Å²) in [5, 5.41) is 10.7. The van der Waals surface area contributed by atoms with Crippen molar-refractivity contribution < 1.29 is 28.8 Å². The minimum Gasteiger partial charge on any atom is -0.493 e. The van der Waals surface area contributed by atoms with Gasteiger partial charge in [0, 0.05) is 22.3 Å². The van der Waals surface area contributed by atoms with Gasteiger partial charge < -0.3 is 9.47 Å². The van der Waals surface area contributed by atoms with E-state index >= 15 is 0 Å². The van der Waals surface area contributed by atoms with E-state index in [2.05, 4.69) is 20.9 Å². The van der Waals surface area contributed by atoms with Crippen LogP contribution < -0.4 is 9.47 Å². The number of hydrogen-bond acceptors (Lipinski definition) is 9. The molecule has 0 radical (unpaired) electrons. The standard InChI is InChI=1S/C24H16BrN3O7S/c1-34-20-11-14(4-9-19(20)35-22-17(28(32)33)3-2-10-26-22)12-21-23(30)27(24(31)36-21)13-18(29)15-5-7-16(25)8-6-15/h2-12H,13H2,1H3/b21-12-. The van der Waals surface area contributed by atoms with Gasteiger partial charge in [-0.25, -0.2) is 4.98 Å². The van der Waals surface area contributed by atoms with Crippen molar-refractivity contribution in [3.05, 3.63) is 91.4 Å². The molecule has 1 aromatic heterocycles. The molecular weight excluding hydrogens is 554 g/mol. The number of carbonyl (C=O) groups excluding carboxylic acids is 3. The molecule has 1 saturated heterocycles. The molecule has 2 amide bonds. The highest BCUT2D eigenvalue weighted by atomic mass is 79.9. The number of nitrogens with zero attached hydrogens (tertiary/aromatic N) is 3. The van der Waals surface area contributed by atoms with Crippen molar-refractivity contribution in [2.75, 3.05) is 13.7 Å². The lowest BCUT2D eigenvalue weighted by Crippen LogP contribution is -2.33. The topological polar surface area (TPSA) is 129 Å². The number of methoxy groups -OCH3 is 1. The quantitative estimate of drug-likeness (QED) is 0.150. The predicted octanol–water partition coefficient (Wildman–Crippen LogP) is 5.47. The third-order valence-corrected chi connectivity index (χ3v) is 6.42. The third kappa shape index (κ3) is 5.44. The van der Waals surface area contributed by atoms with Gasteiger partial charge in [-0.1, -0.05) is 34.1 Å². The van der Waals surface area contributed by atoms with Gasteiger partial charge in [-0.05, 0) is 53.7 Å². The molecule has 0 aliphatic carbocycles. The number of halogens is 1. The van der Waals surface area contributed by atoms with E-state index < -0.39 is 16.1 Å². The van der Waals surface area contributed by atoms with Crippen molar-refractivity contribution in [2.45, 2.75) is 0 Å². The summed E-state index contributed by atoms with van der Waals surface area (Å²) in [5.74, 6) is -0.750. The molecule has 1 aliphatic rings. The van der Waals surface area contributed by atoms with Crippen LogP contribution in [0.2, 0.25) is 0 Å². The van der Waals surface area contributed by atoms with Crippen molar-refractivity contribution in [1.29, 1.82) is 0 Å². The number of hydrogen-bond donors (Lipinski definition) is 0. The van der Waals surface area contributed by atoms with Crippen LogP contribution >= 0.6 is 27.7 Å². The van der Waals surface area contributed by atoms with Gasteiger partial charge in [0.2, 0.25) is 0 Å². The first-order valence-electron chi connectivity index (χ1n) is 10.3. The van der Waals surface area contributed by atoms with Crippen molar-refractivity contribution in [3.8, 4) is 17.4 Å². The Labute approximate surface area is 217 Å². The first-order chi connectivity index (χ1) is 17.3. The molecule has 2 heterocycles. The van der Waals surface area contributed by atoms with Crippen LogP contribution in [0.1, 0.15) is 15.9 Å². The monoisotopic (exact) mass is 569 g/mol. The SMILES string of the molecule is COc1cc(/C=C2\SC(=O)N(CC(=O)c3ccc(Br)cc3)C2=O)ccc1Oc1ncccc1[N+](=O)[O-]. The fraction of sp³-hybridized carbons (Fsp3) is 0.0833. The number of pyridine rings is 1. The summed E-state index contributed by atoms with van der Waals surface area (Å²) in [5.41, 5.74) is 0.587. The summed E-state index contributed by atoms with van der Waals surface area (Å²) in [6.45, 7) is -0.372. The summed E-state index contributed by atoms with van der Waals surface area (Å²) < 4.78 is 11.7. The van der Waals surface area contributed by atoms with Gasteiger partial charge in [-0.2, -0.15) is 0 Å². The van der Waals surface area contributed by atoms with Crippen LogP contribution in [0.25, 0.3) is 6.08 Å². The van der Waals surface area contributed by atoms with Crippen LogP contribution in [0.3, 0.4) is 0 Å². The lowest BCUT2D eigenvalue weighted by Gasteiger charge is -2.11. The minimum atomic E-state index is -0.610. The fourth-order valence-corrected chi connectivity index (χ4v) is 4.32. The molecule has 0 atom stereocenters. The van der Waals surface area contributed by atoms with Crippen LogP contribution in [0.15, 0.2) is 70.2 Å². The summed E-state index contributed by atoms with van der Waals surface area (Å²) in [6.07, 6.45) is 2.85. The maximum Gasteiger partial charge on any atom is 0.331 e. The highest BCUT2D eigenvalue weighted by Gasteiger charge is 2.36. The zero-order valence-corrected chi connectivity index (χ0v) is 20.9. The highest BCUT2D eigenvalue weighted by molar-refractivity contribution is 9.10. The summed E-state index contributed by atoms with van der Waals surface area (Å²) in [4.78, 5) is 53.3. The lowest BCUT2D eigenvalue weighted by atomic mass is 10.1. The van der Waals surface area contributed by atoms with E-state index in [1.54, 1.807) is 36.4 Å². The Morgan fingerprint density at radius 3 is 2.61 bits per heavy atom. The molecule has 0 spiro atoms. The molecule has 0 bridgehead atoms. The molecular formula is C24H16BrN3O7S. The number of carbonyl (C=O) groups is 3. The number of nitro groups is 1. The Morgan fingerprint density at radius 2 is 1.92 bits per heavy atom. The van der Waals surface area contributed by atoms with Gasteiger partial charge in [0.25, 0.3) is 17.0 Å². The van der Waals surface area contributed by atoms with E-state index in [9.17, 15) is 24.5 Å². The molecule has 2 aromatic carbocycles. The molecule has 12 heteroatoms. The van der Waals surface area contributed by atoms with E-state index in [4.69, 9.17) is 9.47 Å². The van der Waals surface area contributed by atoms with Crippen molar-refractivity contribution in [2.24, 2.45) is 0 Å². The van der Waals surface area contributed by atoms with Crippen LogP contribution in [-0.2, 0) is 4.79 Å². The van der Waals surface area contributed by atoms with Crippen molar-refractivity contribution in [3.63, 3.8) is 0 Å². The van der Waals surface area contributed by atoms with Crippen LogP contribution in [0, 0.1) is 10.1 Å². The Morgan fingerprint density at radius 1 is 1.17 bits per heavy atom. The second kappa shape index (κ2) is 10.7. The van der Waals surface area contributed by atoms with E-state index in [1.165, 1.54) is 37.6 Å². The number of thioether (sulfide) groups is 1. The average molecular weight is 570 g/mol. The number of imide groups is 1. The predicted molar refractivity (Wildman–Crippen MR) is 135 cm³/mol. The first-order valence-corrected chi connectivity index (χ1v) is 11.9. The van der Waals surface area contributed by atoms with Gasteiger partial charge in [-0.15, -0.1) is 0 Å². The second-order valence-corrected chi connectivity index (χ2v) is 9.20. The van der Waals surface area contributed by atoms with Crippen molar-refractivity contribution in [1.82, 2.24) is 9.88 Å².